The number of halogens is 1. The van der Waals surface area contributed by atoms with Crippen LogP contribution in [0.2, 0.25) is 0 Å². The lowest BCUT2D eigenvalue weighted by atomic mass is 9.99. The van der Waals surface area contributed by atoms with E-state index in [0.717, 1.165) is 16.8 Å². The Labute approximate surface area is 128 Å². The van der Waals surface area contributed by atoms with Crippen LogP contribution in [0, 0.1) is 12.7 Å². The van der Waals surface area contributed by atoms with E-state index in [1.54, 1.807) is 12.1 Å². The van der Waals surface area contributed by atoms with Crippen LogP contribution in [0.1, 0.15) is 5.56 Å². The van der Waals surface area contributed by atoms with Crippen molar-refractivity contribution < 1.29 is 4.39 Å². The smallest absolute Gasteiger partial charge is 0.123 e. The van der Waals surface area contributed by atoms with Crippen molar-refractivity contribution >= 4 is 21.7 Å². The Morgan fingerprint density at radius 1 is 0.864 bits per heavy atom. The molecule has 106 valence electrons. The van der Waals surface area contributed by atoms with Crippen LogP contribution in [0.4, 0.5) is 4.39 Å². The van der Waals surface area contributed by atoms with Crippen molar-refractivity contribution in [1.29, 1.82) is 0 Å². The van der Waals surface area contributed by atoms with Crippen molar-refractivity contribution in [1.82, 2.24) is 4.98 Å². The Morgan fingerprint density at radius 3 is 2.45 bits per heavy atom. The predicted octanol–water partition coefficient (Wildman–Crippen LogP) is 5.50. The average molecular weight is 287 g/mol. The minimum atomic E-state index is -0.229. The first-order valence-electron chi connectivity index (χ1n) is 7.27. The van der Waals surface area contributed by atoms with Crippen molar-refractivity contribution in [3.63, 3.8) is 0 Å². The number of aromatic nitrogens is 1. The normalized spacial score (nSPS) is 11.2. The molecule has 0 bridgehead atoms. The number of hydrogen-bond acceptors (Lipinski definition) is 1. The summed E-state index contributed by atoms with van der Waals surface area (Å²) < 4.78 is 13.1. The van der Waals surface area contributed by atoms with E-state index in [4.69, 9.17) is 4.98 Å². The van der Waals surface area contributed by atoms with Gasteiger partial charge in [0.2, 0.25) is 0 Å². The molecule has 0 N–H and O–H groups in total. The van der Waals surface area contributed by atoms with E-state index in [1.807, 2.05) is 6.07 Å². The Kier molecular flexibility index (Phi) is 2.90. The van der Waals surface area contributed by atoms with Crippen molar-refractivity contribution in [2.75, 3.05) is 0 Å². The molecule has 0 saturated carbocycles. The molecule has 1 aromatic heterocycles. The first-order valence-corrected chi connectivity index (χ1v) is 7.27. The molecule has 0 saturated heterocycles. The number of rotatable bonds is 1. The van der Waals surface area contributed by atoms with Crippen LogP contribution in [0.3, 0.4) is 0 Å². The van der Waals surface area contributed by atoms with Crippen molar-refractivity contribution in [3.05, 3.63) is 78.1 Å². The van der Waals surface area contributed by atoms with E-state index in [9.17, 15) is 4.39 Å². The van der Waals surface area contributed by atoms with E-state index < -0.39 is 0 Å². The molecule has 0 radical (unpaired) electrons. The fourth-order valence-corrected chi connectivity index (χ4v) is 2.98. The summed E-state index contributed by atoms with van der Waals surface area (Å²) in [5.74, 6) is -0.229. The highest BCUT2D eigenvalue weighted by molar-refractivity contribution is 6.08. The topological polar surface area (TPSA) is 12.9 Å². The van der Waals surface area contributed by atoms with Crippen LogP contribution in [-0.2, 0) is 0 Å². The van der Waals surface area contributed by atoms with Crippen LogP contribution in [-0.4, -0.2) is 4.98 Å². The number of pyridine rings is 1. The maximum atomic E-state index is 13.1. The van der Waals surface area contributed by atoms with E-state index in [2.05, 4.69) is 43.3 Å². The summed E-state index contributed by atoms with van der Waals surface area (Å²) in [4.78, 5) is 4.76. The van der Waals surface area contributed by atoms with Gasteiger partial charge in [-0.05, 0) is 59.7 Å². The van der Waals surface area contributed by atoms with Gasteiger partial charge in [-0.1, -0.05) is 30.3 Å². The van der Waals surface area contributed by atoms with Crippen molar-refractivity contribution in [2.24, 2.45) is 0 Å². The Morgan fingerprint density at radius 2 is 1.64 bits per heavy atom. The van der Waals surface area contributed by atoms with Crippen LogP contribution in [0.25, 0.3) is 32.9 Å². The SMILES string of the molecule is Cc1cc(-c2ccc(F)cc2)nc2ccc3ccccc3c12. The third-order valence-electron chi connectivity index (χ3n) is 4.04. The zero-order valence-corrected chi connectivity index (χ0v) is 12.2. The molecular weight excluding hydrogens is 273 g/mol. The maximum absolute atomic E-state index is 13.1. The van der Waals surface area contributed by atoms with Gasteiger partial charge in [0.1, 0.15) is 5.82 Å². The van der Waals surface area contributed by atoms with Crippen LogP contribution >= 0.6 is 0 Å². The van der Waals surface area contributed by atoms with Crippen LogP contribution in [0.15, 0.2) is 66.7 Å². The number of fused-ring (bicyclic) bond motifs is 3. The molecule has 0 spiro atoms. The quantitative estimate of drug-likeness (QED) is 0.421. The van der Waals surface area contributed by atoms with Gasteiger partial charge in [-0.3, -0.25) is 0 Å². The largest absolute Gasteiger partial charge is 0.248 e. The predicted molar refractivity (Wildman–Crippen MR) is 89.4 cm³/mol. The van der Waals surface area contributed by atoms with E-state index in [-0.39, 0.29) is 5.82 Å². The second-order valence-corrected chi connectivity index (χ2v) is 5.51. The van der Waals surface area contributed by atoms with Gasteiger partial charge in [0, 0.05) is 10.9 Å². The summed E-state index contributed by atoms with van der Waals surface area (Å²) in [6, 6.07) is 21.0. The van der Waals surface area contributed by atoms with Gasteiger partial charge in [0.15, 0.2) is 0 Å². The molecule has 0 atom stereocenters. The van der Waals surface area contributed by atoms with Crippen molar-refractivity contribution in [3.8, 4) is 11.3 Å². The summed E-state index contributed by atoms with van der Waals surface area (Å²) >= 11 is 0. The van der Waals surface area contributed by atoms with Gasteiger partial charge in [-0.25, -0.2) is 9.37 Å². The molecule has 4 rings (SSSR count). The van der Waals surface area contributed by atoms with Crippen LogP contribution in [0.5, 0.6) is 0 Å². The average Bonchev–Trinajstić information content (AvgIpc) is 2.55. The molecule has 1 nitrogen and oxygen atoms in total. The highest BCUT2D eigenvalue weighted by Crippen LogP contribution is 2.30. The highest BCUT2D eigenvalue weighted by Gasteiger charge is 2.08. The molecule has 0 aliphatic heterocycles. The zero-order valence-electron chi connectivity index (χ0n) is 12.2. The molecule has 0 aliphatic carbocycles. The summed E-state index contributed by atoms with van der Waals surface area (Å²) in [6.07, 6.45) is 0. The number of nitrogens with zero attached hydrogens (tertiary/aromatic N) is 1. The zero-order chi connectivity index (χ0) is 15.1. The summed E-state index contributed by atoms with van der Waals surface area (Å²) in [6.45, 7) is 2.10. The van der Waals surface area contributed by atoms with Gasteiger partial charge in [-0.15, -0.1) is 0 Å². The molecule has 0 aliphatic rings. The van der Waals surface area contributed by atoms with Crippen LogP contribution < -0.4 is 0 Å². The van der Waals surface area contributed by atoms with Gasteiger partial charge in [0.25, 0.3) is 0 Å². The first-order chi connectivity index (χ1) is 10.7. The fraction of sp³-hybridized carbons (Fsp3) is 0.0500. The van der Waals surface area contributed by atoms with E-state index in [0.29, 0.717) is 0 Å². The molecule has 4 aromatic rings. The molecule has 0 unspecified atom stereocenters. The third kappa shape index (κ3) is 2.04. The van der Waals surface area contributed by atoms with Gasteiger partial charge in [0.05, 0.1) is 11.2 Å². The lowest BCUT2D eigenvalue weighted by Crippen LogP contribution is -1.90. The molecule has 2 heteroatoms. The van der Waals surface area contributed by atoms with E-state index in [1.165, 1.54) is 33.9 Å². The second-order valence-electron chi connectivity index (χ2n) is 5.51. The maximum Gasteiger partial charge on any atom is 0.123 e. The van der Waals surface area contributed by atoms with Gasteiger partial charge >= 0.3 is 0 Å². The highest BCUT2D eigenvalue weighted by atomic mass is 19.1. The fourth-order valence-electron chi connectivity index (χ4n) is 2.98. The monoisotopic (exact) mass is 287 g/mol. The first kappa shape index (κ1) is 13.0. The standard InChI is InChI=1S/C20H14FN/c1-13-12-19(15-6-9-16(21)10-7-15)22-18-11-8-14-4-2-3-5-17(14)20(13)18/h2-12H,1H3. The lowest BCUT2D eigenvalue weighted by molar-refractivity contribution is 0.628. The molecule has 3 aromatic carbocycles. The third-order valence-corrected chi connectivity index (χ3v) is 4.04. The molecule has 22 heavy (non-hydrogen) atoms. The molecule has 1 heterocycles. The Hall–Kier alpha value is -2.74. The minimum Gasteiger partial charge on any atom is -0.248 e. The number of benzene rings is 3. The molecule has 0 fully saturated rings. The lowest BCUT2D eigenvalue weighted by Gasteiger charge is -2.09. The summed E-state index contributed by atoms with van der Waals surface area (Å²) in [5.41, 5.74) is 3.96. The Bertz CT molecular complexity index is 988. The summed E-state index contributed by atoms with van der Waals surface area (Å²) in [7, 11) is 0. The van der Waals surface area contributed by atoms with Gasteiger partial charge < -0.3 is 0 Å². The number of aryl methyl sites for hydroxylation is 1. The van der Waals surface area contributed by atoms with Gasteiger partial charge in [-0.2, -0.15) is 0 Å². The second kappa shape index (κ2) is 4.92. The number of hydrogen-bond donors (Lipinski definition) is 0. The molecular formula is C20H14FN. The Balaban J connectivity index is 2.01. The summed E-state index contributed by atoms with van der Waals surface area (Å²) in [5, 5.41) is 3.62. The van der Waals surface area contributed by atoms with E-state index >= 15 is 0 Å². The van der Waals surface area contributed by atoms with Crippen molar-refractivity contribution in [2.45, 2.75) is 6.92 Å². The molecule has 0 amide bonds. The minimum absolute atomic E-state index is 0.229.